The van der Waals surface area contributed by atoms with Crippen molar-refractivity contribution in [3.8, 4) is 17.2 Å². The standard InChI is InChI=1S/C26H21O2S/c1-4-26(3,22-13-6-5-7-14-22)28-25(27)21-12-10-15-23(18-21)29-19(2)17-20-11-8-9-16-24(20)29/h1,5-18H,2-3H3/q+1. The molecule has 29 heavy (non-hydrogen) atoms. The van der Waals surface area contributed by atoms with Gasteiger partial charge < -0.3 is 4.74 Å². The minimum atomic E-state index is -1.12. The Kier molecular flexibility index (Phi) is 4.96. The van der Waals surface area contributed by atoms with Gasteiger partial charge in [-0.1, -0.05) is 54.5 Å². The van der Waals surface area contributed by atoms with E-state index in [1.807, 2.05) is 48.5 Å². The molecule has 4 rings (SSSR count). The van der Waals surface area contributed by atoms with Crippen LogP contribution in [0.1, 0.15) is 27.7 Å². The zero-order valence-electron chi connectivity index (χ0n) is 16.4. The maximum atomic E-state index is 13.0. The van der Waals surface area contributed by atoms with E-state index in [9.17, 15) is 4.79 Å². The minimum Gasteiger partial charge on any atom is -0.438 e. The summed E-state index contributed by atoms with van der Waals surface area (Å²) in [5.74, 6) is 2.21. The molecular formula is C26H21O2S+. The van der Waals surface area contributed by atoms with Gasteiger partial charge in [0, 0.05) is 40.5 Å². The molecular weight excluding hydrogens is 376 g/mol. The molecule has 2 unspecified atom stereocenters. The van der Waals surface area contributed by atoms with Crippen LogP contribution >= 0.6 is 10.5 Å². The molecule has 3 heteroatoms. The first-order valence-electron chi connectivity index (χ1n) is 9.40. The highest BCUT2D eigenvalue weighted by molar-refractivity contribution is 7.45. The zero-order chi connectivity index (χ0) is 20.4. The van der Waals surface area contributed by atoms with E-state index in [0.717, 1.165) is 10.5 Å². The first kappa shape index (κ1) is 19.0. The van der Waals surface area contributed by atoms with Gasteiger partial charge in [0.2, 0.25) is 0 Å². The summed E-state index contributed by atoms with van der Waals surface area (Å²) in [4.78, 5) is 15.3. The Bertz CT molecular complexity index is 1230. The largest absolute Gasteiger partial charge is 0.438 e. The van der Waals surface area contributed by atoms with E-state index in [4.69, 9.17) is 11.2 Å². The van der Waals surface area contributed by atoms with E-state index in [1.165, 1.54) is 15.0 Å². The Hall–Kier alpha value is -3.35. The third kappa shape index (κ3) is 3.55. The van der Waals surface area contributed by atoms with E-state index in [-0.39, 0.29) is 10.5 Å². The van der Waals surface area contributed by atoms with Crippen molar-refractivity contribution in [1.82, 2.24) is 0 Å². The Balaban J connectivity index is 1.69. The van der Waals surface area contributed by atoms with E-state index < -0.39 is 11.6 Å². The van der Waals surface area contributed by atoms with Crippen molar-refractivity contribution in [3.63, 3.8) is 0 Å². The Morgan fingerprint density at radius 2 is 1.69 bits per heavy atom. The van der Waals surface area contributed by atoms with Crippen LogP contribution in [0.25, 0.3) is 15.0 Å². The molecule has 0 radical (unpaired) electrons. The number of ether oxygens (including phenoxy) is 1. The van der Waals surface area contributed by atoms with Gasteiger partial charge in [0.1, 0.15) is 0 Å². The highest BCUT2D eigenvalue weighted by Crippen LogP contribution is 2.43. The van der Waals surface area contributed by atoms with Crippen molar-refractivity contribution in [2.45, 2.75) is 19.4 Å². The van der Waals surface area contributed by atoms with Gasteiger partial charge >= 0.3 is 5.97 Å². The molecule has 1 aromatic heterocycles. The third-order valence-corrected chi connectivity index (χ3v) is 7.32. The van der Waals surface area contributed by atoms with Crippen LogP contribution in [-0.2, 0) is 10.3 Å². The summed E-state index contributed by atoms with van der Waals surface area (Å²) in [5.41, 5.74) is 0.161. The summed E-state index contributed by atoms with van der Waals surface area (Å²) in [6.07, 6.45) is 5.73. The molecule has 0 fully saturated rings. The molecule has 0 spiro atoms. The number of fused-ring (bicyclic) bond motifs is 1. The lowest BCUT2D eigenvalue weighted by atomic mass is 9.96. The number of esters is 1. The normalized spacial score (nSPS) is 13.5. The van der Waals surface area contributed by atoms with Gasteiger partial charge in [-0.05, 0) is 31.2 Å². The molecule has 0 bridgehead atoms. The van der Waals surface area contributed by atoms with Gasteiger partial charge in [0.15, 0.2) is 20.1 Å². The van der Waals surface area contributed by atoms with E-state index in [2.05, 4.69) is 43.2 Å². The Labute approximate surface area is 173 Å². The SMILES string of the molecule is C#CC(C)(OC(=O)c1cccc(-[s+]2c(C)cc3ccccc32)c1)c1ccccc1. The number of thiophene rings is 1. The molecule has 4 aromatic rings. The van der Waals surface area contributed by atoms with Gasteiger partial charge in [0.25, 0.3) is 0 Å². The maximum absolute atomic E-state index is 13.0. The van der Waals surface area contributed by atoms with Gasteiger partial charge in [-0.3, -0.25) is 0 Å². The number of hydrogen-bond acceptors (Lipinski definition) is 2. The zero-order valence-corrected chi connectivity index (χ0v) is 17.2. The predicted octanol–water partition coefficient (Wildman–Crippen LogP) is 6.59. The molecule has 0 saturated heterocycles. The van der Waals surface area contributed by atoms with Crippen molar-refractivity contribution >= 4 is 26.5 Å². The number of benzene rings is 3. The predicted molar refractivity (Wildman–Crippen MR) is 121 cm³/mol. The number of terminal acetylenes is 1. The van der Waals surface area contributed by atoms with E-state index in [0.29, 0.717) is 5.56 Å². The van der Waals surface area contributed by atoms with Crippen molar-refractivity contribution in [2.75, 3.05) is 0 Å². The maximum Gasteiger partial charge on any atom is 0.340 e. The lowest BCUT2D eigenvalue weighted by Gasteiger charge is -2.24. The monoisotopic (exact) mass is 397 g/mol. The van der Waals surface area contributed by atoms with Crippen LogP contribution in [0.2, 0.25) is 0 Å². The topological polar surface area (TPSA) is 26.3 Å². The molecule has 0 aliphatic heterocycles. The fourth-order valence-corrected chi connectivity index (χ4v) is 5.73. The second-order valence-electron chi connectivity index (χ2n) is 7.06. The van der Waals surface area contributed by atoms with Crippen molar-refractivity contribution < 1.29 is 9.53 Å². The summed E-state index contributed by atoms with van der Waals surface area (Å²) in [6.45, 7) is 3.88. The summed E-state index contributed by atoms with van der Waals surface area (Å²) < 4.78 is 7.07. The number of aryl methyl sites for hydroxylation is 1. The highest BCUT2D eigenvalue weighted by atomic mass is 32.2. The molecule has 2 atom stereocenters. The van der Waals surface area contributed by atoms with Gasteiger partial charge in [-0.25, -0.2) is 4.79 Å². The lowest BCUT2D eigenvalue weighted by molar-refractivity contribution is 0.0129. The average Bonchev–Trinajstić information content (AvgIpc) is 3.10. The van der Waals surface area contributed by atoms with E-state index in [1.54, 1.807) is 13.0 Å². The Morgan fingerprint density at radius 3 is 2.45 bits per heavy atom. The summed E-state index contributed by atoms with van der Waals surface area (Å²) in [6, 6.07) is 27.7. The van der Waals surface area contributed by atoms with Crippen LogP contribution in [0.4, 0.5) is 0 Å². The van der Waals surface area contributed by atoms with Gasteiger partial charge in [-0.15, -0.1) is 6.42 Å². The molecule has 0 amide bonds. The highest BCUT2D eigenvalue weighted by Gasteiger charge is 2.30. The van der Waals surface area contributed by atoms with Crippen LogP contribution in [0.3, 0.4) is 0 Å². The first-order valence-corrected chi connectivity index (χ1v) is 10.6. The fourth-order valence-electron chi connectivity index (χ4n) is 3.47. The number of rotatable bonds is 4. The molecule has 1 heterocycles. The quantitative estimate of drug-likeness (QED) is 0.220. The molecule has 0 aliphatic carbocycles. The molecule has 0 saturated carbocycles. The van der Waals surface area contributed by atoms with Gasteiger partial charge in [-0.2, -0.15) is 0 Å². The molecule has 0 aliphatic rings. The number of carbonyl (C=O) groups excluding carboxylic acids is 1. The van der Waals surface area contributed by atoms with Crippen molar-refractivity contribution in [2.24, 2.45) is 0 Å². The average molecular weight is 398 g/mol. The fraction of sp³-hybridized carbons (Fsp3) is 0.115. The van der Waals surface area contributed by atoms with Crippen LogP contribution in [0.5, 0.6) is 0 Å². The third-order valence-electron chi connectivity index (χ3n) is 5.02. The molecule has 3 aromatic carbocycles. The number of carbonyl (C=O) groups is 1. The summed E-state index contributed by atoms with van der Waals surface area (Å²) in [5, 5.41) is 1.24. The van der Waals surface area contributed by atoms with E-state index >= 15 is 0 Å². The second-order valence-corrected chi connectivity index (χ2v) is 9.23. The summed E-state index contributed by atoms with van der Waals surface area (Å²) >= 11 is 0. The molecule has 142 valence electrons. The summed E-state index contributed by atoms with van der Waals surface area (Å²) in [7, 11) is -0.185. The van der Waals surface area contributed by atoms with Gasteiger partial charge in [0.05, 0.1) is 5.56 Å². The first-order chi connectivity index (χ1) is 14.0. The number of hydrogen-bond donors (Lipinski definition) is 0. The molecule has 0 N–H and O–H groups in total. The van der Waals surface area contributed by atoms with Crippen LogP contribution in [0, 0.1) is 19.3 Å². The van der Waals surface area contributed by atoms with Crippen LogP contribution in [-0.4, -0.2) is 5.97 Å². The van der Waals surface area contributed by atoms with Crippen LogP contribution in [0.15, 0.2) is 84.9 Å². The Morgan fingerprint density at radius 1 is 0.966 bits per heavy atom. The van der Waals surface area contributed by atoms with Crippen LogP contribution < -0.4 is 0 Å². The minimum absolute atomic E-state index is 0.185. The van der Waals surface area contributed by atoms with Crippen molar-refractivity contribution in [3.05, 3.63) is 101 Å². The van der Waals surface area contributed by atoms with Crippen molar-refractivity contribution in [1.29, 1.82) is 0 Å². The lowest BCUT2D eigenvalue weighted by Crippen LogP contribution is -2.27. The molecule has 2 nitrogen and oxygen atoms in total. The smallest absolute Gasteiger partial charge is 0.340 e. The second kappa shape index (κ2) is 7.58.